The lowest BCUT2D eigenvalue weighted by Gasteiger charge is -2.35. The smallest absolute Gasteiger partial charge is 0.298 e. The van der Waals surface area contributed by atoms with Crippen molar-refractivity contribution in [3.05, 3.63) is 28.3 Å². The van der Waals surface area contributed by atoms with Gasteiger partial charge >= 0.3 is 0 Å². The zero-order valence-electron chi connectivity index (χ0n) is 8.87. The monoisotopic (exact) mass is 234 g/mol. The Hall–Kier alpha value is -2.15. The standard InChI is InChI=1S/C10H10N4O3/c11-6-4-13(5-6)10-12-9-7(14(15)16)2-1-3-8(9)17-10/h1-3,6H,4-5,11H2. The highest BCUT2D eigenvalue weighted by molar-refractivity contribution is 5.84. The second kappa shape index (κ2) is 3.42. The van der Waals surface area contributed by atoms with Crippen LogP contribution in [0.25, 0.3) is 11.1 Å². The van der Waals surface area contributed by atoms with Crippen LogP contribution >= 0.6 is 0 Å². The molecule has 2 N–H and O–H groups in total. The van der Waals surface area contributed by atoms with Gasteiger partial charge in [-0.25, -0.2) is 0 Å². The van der Waals surface area contributed by atoms with Crippen LogP contribution in [0.4, 0.5) is 11.7 Å². The molecule has 7 heteroatoms. The first-order chi connectivity index (χ1) is 8.15. The van der Waals surface area contributed by atoms with Crippen LogP contribution in [0.15, 0.2) is 22.6 Å². The minimum atomic E-state index is -0.462. The van der Waals surface area contributed by atoms with Gasteiger partial charge in [0, 0.05) is 25.2 Å². The van der Waals surface area contributed by atoms with E-state index in [0.29, 0.717) is 24.7 Å². The number of rotatable bonds is 2. The molecule has 1 aliphatic rings. The van der Waals surface area contributed by atoms with Gasteiger partial charge in [0.1, 0.15) is 0 Å². The van der Waals surface area contributed by atoms with Crippen LogP contribution in [-0.4, -0.2) is 29.0 Å². The number of fused-ring (bicyclic) bond motifs is 1. The number of hydrogen-bond donors (Lipinski definition) is 1. The van der Waals surface area contributed by atoms with Gasteiger partial charge in [0.15, 0.2) is 11.1 Å². The summed E-state index contributed by atoms with van der Waals surface area (Å²) in [6.45, 7) is 1.33. The first-order valence-electron chi connectivity index (χ1n) is 5.19. The fourth-order valence-corrected chi connectivity index (χ4v) is 1.87. The summed E-state index contributed by atoms with van der Waals surface area (Å²) < 4.78 is 5.47. The van der Waals surface area contributed by atoms with Gasteiger partial charge < -0.3 is 15.1 Å². The molecule has 2 heterocycles. The van der Waals surface area contributed by atoms with Gasteiger partial charge in [0.25, 0.3) is 11.7 Å². The molecule has 0 aliphatic carbocycles. The van der Waals surface area contributed by atoms with Gasteiger partial charge in [-0.2, -0.15) is 4.98 Å². The van der Waals surface area contributed by atoms with E-state index in [9.17, 15) is 10.1 Å². The highest BCUT2D eigenvalue weighted by atomic mass is 16.6. The maximum atomic E-state index is 10.8. The van der Waals surface area contributed by atoms with Crippen LogP contribution in [0.3, 0.4) is 0 Å². The Kier molecular flexibility index (Phi) is 2.02. The minimum absolute atomic E-state index is 0.0395. The predicted molar refractivity (Wildman–Crippen MR) is 60.9 cm³/mol. The Bertz CT molecular complexity index is 588. The third-order valence-corrected chi connectivity index (χ3v) is 2.76. The molecule has 17 heavy (non-hydrogen) atoms. The lowest BCUT2D eigenvalue weighted by molar-refractivity contribution is -0.383. The van der Waals surface area contributed by atoms with Crippen LogP contribution in [0, 0.1) is 10.1 Å². The molecule has 0 amide bonds. The van der Waals surface area contributed by atoms with Crippen molar-refractivity contribution in [3.8, 4) is 0 Å². The van der Waals surface area contributed by atoms with Crippen molar-refractivity contribution in [2.75, 3.05) is 18.0 Å². The van der Waals surface area contributed by atoms with Crippen molar-refractivity contribution < 1.29 is 9.34 Å². The Morgan fingerprint density at radius 2 is 2.29 bits per heavy atom. The second-order valence-corrected chi connectivity index (χ2v) is 4.04. The fraction of sp³-hybridized carbons (Fsp3) is 0.300. The molecule has 2 aromatic rings. The van der Waals surface area contributed by atoms with Gasteiger partial charge in [-0.15, -0.1) is 0 Å². The number of hydrogen-bond acceptors (Lipinski definition) is 6. The van der Waals surface area contributed by atoms with Crippen LogP contribution in [0.5, 0.6) is 0 Å². The van der Waals surface area contributed by atoms with Crippen molar-refractivity contribution in [2.45, 2.75) is 6.04 Å². The van der Waals surface area contributed by atoms with Gasteiger partial charge in [0.2, 0.25) is 0 Å². The second-order valence-electron chi connectivity index (χ2n) is 4.04. The van der Waals surface area contributed by atoms with E-state index in [1.165, 1.54) is 6.07 Å². The van der Waals surface area contributed by atoms with Crippen molar-refractivity contribution in [2.24, 2.45) is 5.73 Å². The number of nitrogens with two attached hydrogens (primary N) is 1. The van der Waals surface area contributed by atoms with E-state index in [4.69, 9.17) is 10.2 Å². The molecule has 0 radical (unpaired) electrons. The quantitative estimate of drug-likeness (QED) is 0.611. The van der Waals surface area contributed by atoms with E-state index < -0.39 is 4.92 Å². The van der Waals surface area contributed by atoms with E-state index in [-0.39, 0.29) is 17.2 Å². The molecule has 7 nitrogen and oxygen atoms in total. The summed E-state index contributed by atoms with van der Waals surface area (Å²) in [5.74, 6) is 0. The van der Waals surface area contributed by atoms with Crippen LogP contribution in [-0.2, 0) is 0 Å². The number of nitro groups is 1. The van der Waals surface area contributed by atoms with Crippen LogP contribution < -0.4 is 10.6 Å². The molecule has 1 saturated heterocycles. The van der Waals surface area contributed by atoms with Crippen molar-refractivity contribution in [1.29, 1.82) is 0 Å². The molecule has 1 aromatic carbocycles. The number of benzene rings is 1. The van der Waals surface area contributed by atoms with E-state index in [1.54, 1.807) is 12.1 Å². The number of aromatic nitrogens is 1. The van der Waals surface area contributed by atoms with E-state index >= 15 is 0 Å². The van der Waals surface area contributed by atoms with Crippen LogP contribution in [0.1, 0.15) is 0 Å². The van der Waals surface area contributed by atoms with Gasteiger partial charge in [-0.3, -0.25) is 10.1 Å². The molecule has 0 bridgehead atoms. The normalized spacial score (nSPS) is 16.2. The summed E-state index contributed by atoms with van der Waals surface area (Å²) in [5, 5.41) is 10.8. The first-order valence-corrected chi connectivity index (χ1v) is 5.19. The lowest BCUT2D eigenvalue weighted by Crippen LogP contribution is -2.56. The number of non-ortho nitro benzene ring substituents is 1. The molecule has 0 saturated carbocycles. The average molecular weight is 234 g/mol. The first kappa shape index (κ1) is 10.0. The topological polar surface area (TPSA) is 98.4 Å². The fourth-order valence-electron chi connectivity index (χ4n) is 1.87. The van der Waals surface area contributed by atoms with Crippen molar-refractivity contribution in [3.63, 3.8) is 0 Å². The average Bonchev–Trinajstić information content (AvgIpc) is 2.66. The molecular weight excluding hydrogens is 224 g/mol. The largest absolute Gasteiger partial charge is 0.423 e. The zero-order chi connectivity index (χ0) is 12.0. The number of anilines is 1. The third-order valence-electron chi connectivity index (χ3n) is 2.76. The van der Waals surface area contributed by atoms with E-state index in [2.05, 4.69) is 4.98 Å². The van der Waals surface area contributed by atoms with Crippen molar-refractivity contribution >= 4 is 22.8 Å². The maximum absolute atomic E-state index is 10.8. The third kappa shape index (κ3) is 1.51. The Morgan fingerprint density at radius 1 is 1.53 bits per heavy atom. The Balaban J connectivity index is 2.06. The predicted octanol–water partition coefficient (Wildman–Crippen LogP) is 0.883. The number of para-hydroxylation sites is 1. The van der Waals surface area contributed by atoms with Gasteiger partial charge in [-0.1, -0.05) is 6.07 Å². The molecule has 1 aliphatic heterocycles. The summed E-state index contributed by atoms with van der Waals surface area (Å²) in [5.41, 5.74) is 6.33. The molecule has 1 fully saturated rings. The maximum Gasteiger partial charge on any atom is 0.298 e. The zero-order valence-corrected chi connectivity index (χ0v) is 8.87. The molecule has 0 atom stereocenters. The van der Waals surface area contributed by atoms with Crippen LogP contribution in [0.2, 0.25) is 0 Å². The molecule has 0 unspecified atom stereocenters. The molecule has 88 valence electrons. The van der Waals surface area contributed by atoms with E-state index in [1.807, 2.05) is 4.90 Å². The molecule has 1 aromatic heterocycles. The summed E-state index contributed by atoms with van der Waals surface area (Å²) in [6, 6.07) is 5.18. The lowest BCUT2D eigenvalue weighted by atomic mass is 10.1. The summed E-state index contributed by atoms with van der Waals surface area (Å²) in [6.07, 6.45) is 0. The number of nitrogens with zero attached hydrogens (tertiary/aromatic N) is 3. The highest BCUT2D eigenvalue weighted by Crippen LogP contribution is 2.30. The van der Waals surface area contributed by atoms with Crippen molar-refractivity contribution in [1.82, 2.24) is 4.98 Å². The molecular formula is C10H10N4O3. The molecule has 3 rings (SSSR count). The number of oxazole rings is 1. The minimum Gasteiger partial charge on any atom is -0.423 e. The van der Waals surface area contributed by atoms with Gasteiger partial charge in [0.05, 0.1) is 4.92 Å². The summed E-state index contributed by atoms with van der Waals surface area (Å²) >= 11 is 0. The highest BCUT2D eigenvalue weighted by Gasteiger charge is 2.28. The number of nitro benzene ring substituents is 1. The van der Waals surface area contributed by atoms with E-state index in [0.717, 1.165) is 0 Å². The Morgan fingerprint density at radius 3 is 2.94 bits per heavy atom. The molecule has 0 spiro atoms. The summed E-state index contributed by atoms with van der Waals surface area (Å²) in [7, 11) is 0. The Labute approximate surface area is 96.0 Å². The SMILES string of the molecule is NC1CN(c2nc3c([N+](=O)[O-])cccc3o2)C1. The summed E-state index contributed by atoms with van der Waals surface area (Å²) in [4.78, 5) is 16.4. The van der Waals surface area contributed by atoms with Gasteiger partial charge in [-0.05, 0) is 6.07 Å².